The molecule has 0 saturated carbocycles. The number of anilines is 1. The van der Waals surface area contributed by atoms with E-state index in [1.807, 2.05) is 20.8 Å². The summed E-state index contributed by atoms with van der Waals surface area (Å²) in [7, 11) is 1.95. The third kappa shape index (κ3) is 3.28. The third-order valence-electron chi connectivity index (χ3n) is 1.64. The number of hydrogen-bond acceptors (Lipinski definition) is 2. The van der Waals surface area contributed by atoms with Crippen LogP contribution in [0.4, 0.5) is 5.69 Å². The Morgan fingerprint density at radius 1 is 1.62 bits per heavy atom. The molecule has 0 radical (unpaired) electrons. The van der Waals surface area contributed by atoms with Crippen LogP contribution in [0.15, 0.2) is 18.5 Å². The van der Waals surface area contributed by atoms with Crippen LogP contribution in [0.5, 0.6) is 0 Å². The molecule has 0 spiro atoms. The van der Waals surface area contributed by atoms with Crippen molar-refractivity contribution in [2.45, 2.75) is 19.8 Å². The molecule has 0 aliphatic carbocycles. The summed E-state index contributed by atoms with van der Waals surface area (Å²) < 4.78 is 0. The van der Waals surface area contributed by atoms with Gasteiger partial charge >= 0.3 is 0 Å². The number of hydrogen-bond donors (Lipinski definition) is 1. The van der Waals surface area contributed by atoms with E-state index in [0.717, 1.165) is 17.6 Å². The average Bonchev–Trinajstić information content (AvgIpc) is 2.04. The van der Waals surface area contributed by atoms with E-state index < -0.39 is 0 Å². The SMILES string of the molecule is Bc1cncc(NC(=O)CCC)c1. The summed E-state index contributed by atoms with van der Waals surface area (Å²) in [5.74, 6) is 0.0508. The van der Waals surface area contributed by atoms with Gasteiger partial charge in [0.2, 0.25) is 5.91 Å². The molecule has 1 rings (SSSR count). The molecule has 0 aliphatic rings. The van der Waals surface area contributed by atoms with Crippen molar-refractivity contribution in [2.75, 3.05) is 5.32 Å². The van der Waals surface area contributed by atoms with Gasteiger partial charge in [-0.2, -0.15) is 0 Å². The summed E-state index contributed by atoms with van der Waals surface area (Å²) in [6.07, 6.45) is 4.84. The number of nitrogens with zero attached hydrogens (tertiary/aromatic N) is 1. The Balaban J connectivity index is 2.58. The maximum absolute atomic E-state index is 11.2. The zero-order valence-corrected chi connectivity index (χ0v) is 8.00. The molecule has 4 heteroatoms. The summed E-state index contributed by atoms with van der Waals surface area (Å²) in [5, 5.41) is 2.78. The fraction of sp³-hybridized carbons (Fsp3) is 0.333. The van der Waals surface area contributed by atoms with E-state index in [1.54, 1.807) is 12.4 Å². The van der Waals surface area contributed by atoms with E-state index >= 15 is 0 Å². The van der Waals surface area contributed by atoms with E-state index in [9.17, 15) is 4.79 Å². The molecule has 0 aromatic carbocycles. The lowest BCUT2D eigenvalue weighted by Gasteiger charge is -2.03. The molecular weight excluding hydrogens is 163 g/mol. The van der Waals surface area contributed by atoms with Crippen LogP contribution in [-0.4, -0.2) is 18.7 Å². The largest absolute Gasteiger partial charge is 0.325 e. The van der Waals surface area contributed by atoms with Crippen molar-refractivity contribution >= 4 is 24.9 Å². The molecule has 0 bridgehead atoms. The van der Waals surface area contributed by atoms with Gasteiger partial charge in [-0.15, -0.1) is 0 Å². The Bertz CT molecular complexity index is 301. The molecule has 0 aliphatic heterocycles. The highest BCUT2D eigenvalue weighted by molar-refractivity contribution is 6.32. The highest BCUT2D eigenvalue weighted by Crippen LogP contribution is 2.02. The van der Waals surface area contributed by atoms with Crippen LogP contribution in [0, 0.1) is 0 Å². The molecule has 1 aromatic rings. The number of nitrogens with one attached hydrogen (secondary N) is 1. The monoisotopic (exact) mass is 176 g/mol. The fourth-order valence-corrected chi connectivity index (χ4v) is 1.07. The van der Waals surface area contributed by atoms with Gasteiger partial charge in [-0.1, -0.05) is 12.4 Å². The van der Waals surface area contributed by atoms with Gasteiger partial charge in [-0.25, -0.2) is 0 Å². The molecule has 68 valence electrons. The highest BCUT2D eigenvalue weighted by atomic mass is 16.1. The molecule has 1 amide bonds. The van der Waals surface area contributed by atoms with Crippen LogP contribution in [-0.2, 0) is 4.79 Å². The van der Waals surface area contributed by atoms with Gasteiger partial charge in [-0.05, 0) is 12.5 Å². The van der Waals surface area contributed by atoms with Crippen LogP contribution >= 0.6 is 0 Å². The first-order valence-corrected chi connectivity index (χ1v) is 4.44. The number of aromatic nitrogens is 1. The zero-order chi connectivity index (χ0) is 9.68. The minimum Gasteiger partial charge on any atom is -0.325 e. The Kier molecular flexibility index (Phi) is 3.49. The van der Waals surface area contributed by atoms with Crippen LogP contribution in [0.2, 0.25) is 0 Å². The second-order valence-corrected chi connectivity index (χ2v) is 3.05. The first-order chi connectivity index (χ1) is 6.22. The van der Waals surface area contributed by atoms with Gasteiger partial charge in [0, 0.05) is 12.6 Å². The number of carbonyl (C=O) groups is 1. The predicted molar refractivity (Wildman–Crippen MR) is 56.0 cm³/mol. The minimum absolute atomic E-state index is 0.0508. The van der Waals surface area contributed by atoms with Crippen molar-refractivity contribution in [3.05, 3.63) is 18.5 Å². The number of amides is 1. The van der Waals surface area contributed by atoms with E-state index in [-0.39, 0.29) is 5.91 Å². The maximum Gasteiger partial charge on any atom is 0.224 e. The average molecular weight is 176 g/mol. The smallest absolute Gasteiger partial charge is 0.224 e. The molecule has 0 fully saturated rings. The van der Waals surface area contributed by atoms with Crippen molar-refractivity contribution < 1.29 is 4.79 Å². The van der Waals surface area contributed by atoms with Crippen LogP contribution in [0.1, 0.15) is 19.8 Å². The number of pyridine rings is 1. The van der Waals surface area contributed by atoms with Crippen LogP contribution < -0.4 is 10.8 Å². The summed E-state index contributed by atoms with van der Waals surface area (Å²) in [5.41, 5.74) is 1.83. The molecule has 0 unspecified atom stereocenters. The predicted octanol–water partition coefficient (Wildman–Crippen LogP) is 0.0786. The van der Waals surface area contributed by atoms with Gasteiger partial charge < -0.3 is 5.32 Å². The molecule has 1 aromatic heterocycles. The lowest BCUT2D eigenvalue weighted by atomic mass is 9.99. The van der Waals surface area contributed by atoms with Gasteiger partial charge in [0.1, 0.15) is 7.85 Å². The molecule has 1 N–H and O–H groups in total. The molecule has 13 heavy (non-hydrogen) atoms. The maximum atomic E-state index is 11.2. The molecule has 0 saturated heterocycles. The van der Waals surface area contributed by atoms with Crippen LogP contribution in [0.3, 0.4) is 0 Å². The Hall–Kier alpha value is -1.32. The zero-order valence-electron chi connectivity index (χ0n) is 8.00. The van der Waals surface area contributed by atoms with E-state index in [0.29, 0.717) is 6.42 Å². The number of rotatable bonds is 3. The highest BCUT2D eigenvalue weighted by Gasteiger charge is 1.99. The lowest BCUT2D eigenvalue weighted by molar-refractivity contribution is -0.116. The Morgan fingerprint density at radius 3 is 3.00 bits per heavy atom. The lowest BCUT2D eigenvalue weighted by Crippen LogP contribution is -2.13. The Labute approximate surface area is 79.0 Å². The fourth-order valence-electron chi connectivity index (χ4n) is 1.07. The molecule has 1 heterocycles. The van der Waals surface area contributed by atoms with Crippen molar-refractivity contribution in [1.29, 1.82) is 0 Å². The Morgan fingerprint density at radius 2 is 2.38 bits per heavy atom. The van der Waals surface area contributed by atoms with Crippen molar-refractivity contribution in [2.24, 2.45) is 0 Å². The molecule has 0 atom stereocenters. The van der Waals surface area contributed by atoms with Gasteiger partial charge in [0.05, 0.1) is 11.9 Å². The van der Waals surface area contributed by atoms with Gasteiger partial charge in [0.15, 0.2) is 0 Å². The van der Waals surface area contributed by atoms with E-state index in [1.165, 1.54) is 0 Å². The second kappa shape index (κ2) is 4.65. The van der Waals surface area contributed by atoms with Crippen molar-refractivity contribution in [3.63, 3.8) is 0 Å². The number of carbonyl (C=O) groups excluding carboxylic acids is 1. The molecular formula is C9H13BN2O. The van der Waals surface area contributed by atoms with E-state index in [4.69, 9.17) is 0 Å². The normalized spacial score (nSPS) is 9.62. The molecule has 3 nitrogen and oxygen atoms in total. The van der Waals surface area contributed by atoms with Crippen molar-refractivity contribution in [3.8, 4) is 0 Å². The topological polar surface area (TPSA) is 42.0 Å². The quantitative estimate of drug-likeness (QED) is 0.662. The summed E-state index contributed by atoms with van der Waals surface area (Å²) in [6.45, 7) is 1.98. The first kappa shape index (κ1) is 9.77. The summed E-state index contributed by atoms with van der Waals surface area (Å²) in [6, 6.07) is 1.90. The second-order valence-electron chi connectivity index (χ2n) is 3.05. The summed E-state index contributed by atoms with van der Waals surface area (Å²) >= 11 is 0. The van der Waals surface area contributed by atoms with Crippen LogP contribution in [0.25, 0.3) is 0 Å². The standard InChI is InChI=1S/C9H13BN2O/c1-2-3-9(13)12-8-4-7(10)5-11-6-8/h4-6H,2-3,10H2,1H3,(H,12,13). The first-order valence-electron chi connectivity index (χ1n) is 4.44. The van der Waals surface area contributed by atoms with Gasteiger partial charge in [0.25, 0.3) is 0 Å². The minimum atomic E-state index is 0.0508. The van der Waals surface area contributed by atoms with Gasteiger partial charge in [-0.3, -0.25) is 9.78 Å². The van der Waals surface area contributed by atoms with Crippen molar-refractivity contribution in [1.82, 2.24) is 4.98 Å². The third-order valence-corrected chi connectivity index (χ3v) is 1.64. The van der Waals surface area contributed by atoms with E-state index in [2.05, 4.69) is 10.3 Å². The summed E-state index contributed by atoms with van der Waals surface area (Å²) in [4.78, 5) is 15.2.